The molecule has 2 N–H and O–H groups in total. The molecule has 0 aliphatic heterocycles. The second kappa shape index (κ2) is 17.4. The highest BCUT2D eigenvalue weighted by Crippen LogP contribution is 2.36. The van der Waals surface area contributed by atoms with Crippen molar-refractivity contribution in [1.29, 1.82) is 0 Å². The molecule has 0 radical (unpaired) electrons. The van der Waals surface area contributed by atoms with E-state index < -0.39 is 20.7 Å². The second-order valence-corrected chi connectivity index (χ2v) is 9.85. The van der Waals surface area contributed by atoms with E-state index in [-0.39, 0.29) is 6.42 Å². The largest absolute Gasteiger partial charge is 0.481 e. The number of rotatable bonds is 20. The molecule has 174 valence electrons. The molecule has 0 saturated heterocycles. The number of ether oxygens (including phenoxy) is 1. The van der Waals surface area contributed by atoms with Crippen LogP contribution in [0.1, 0.15) is 71.6 Å². The van der Waals surface area contributed by atoms with Crippen LogP contribution in [0, 0.1) is 5.92 Å². The van der Waals surface area contributed by atoms with Crippen molar-refractivity contribution >= 4 is 14.6 Å². The van der Waals surface area contributed by atoms with Crippen molar-refractivity contribution in [2.45, 2.75) is 77.7 Å². The summed E-state index contributed by atoms with van der Waals surface area (Å²) in [6, 6.07) is 0. The van der Waals surface area contributed by atoms with Crippen LogP contribution in [0.5, 0.6) is 0 Å². The molecule has 0 saturated carbocycles. The van der Waals surface area contributed by atoms with Crippen molar-refractivity contribution < 1.29 is 33.1 Å². The first-order valence-electron chi connectivity index (χ1n) is 11.0. The fraction of sp³-hybridized carbons (Fsp3) is 0.952. The number of carboxylic acids is 1. The number of aliphatic carboxylic acids is 1. The van der Waals surface area contributed by atoms with Gasteiger partial charge in [0.2, 0.25) is 0 Å². The van der Waals surface area contributed by atoms with E-state index in [4.69, 9.17) is 18.9 Å². The lowest BCUT2D eigenvalue weighted by molar-refractivity contribution is -0.873. The molecule has 0 spiro atoms. The summed E-state index contributed by atoms with van der Waals surface area (Å²) in [6.07, 6.45) is 8.22. The molecule has 0 bridgehead atoms. The van der Waals surface area contributed by atoms with Gasteiger partial charge in [-0.1, -0.05) is 46.0 Å². The number of hydrogen-bond donors (Lipinski definition) is 2. The first kappa shape index (κ1) is 28.7. The first-order valence-corrected chi connectivity index (χ1v) is 12.2. The Bertz CT molecular complexity index is 405. The summed E-state index contributed by atoms with van der Waals surface area (Å²) in [5.74, 6) is -0.184. The highest BCUT2D eigenvalue weighted by Gasteiger charge is 2.25. The van der Waals surface area contributed by atoms with Crippen molar-refractivity contribution in [3.63, 3.8) is 0 Å². The van der Waals surface area contributed by atoms with Gasteiger partial charge in [-0.25, -0.2) is 0 Å². The second-order valence-electron chi connectivity index (χ2n) is 8.91. The number of likely N-dealkylation sites (N-methyl/N-ethyl adjacent to an activating group) is 1. The molecule has 0 aliphatic rings. The summed E-state index contributed by atoms with van der Waals surface area (Å²) >= 11 is 0. The minimum Gasteiger partial charge on any atom is -0.481 e. The molecule has 0 aliphatic carbocycles. The number of carboxylic acid groups (broad SMARTS) is 1. The molecule has 0 aromatic carbocycles. The van der Waals surface area contributed by atoms with Crippen LogP contribution in [-0.2, 0) is 18.6 Å². The van der Waals surface area contributed by atoms with E-state index in [0.29, 0.717) is 17.6 Å². The molecular formula is C21H45NO6P+. The molecule has 0 aromatic rings. The van der Waals surface area contributed by atoms with E-state index in [9.17, 15) is 9.69 Å². The van der Waals surface area contributed by atoms with Gasteiger partial charge in [0.25, 0.3) is 0 Å². The lowest BCUT2D eigenvalue weighted by Gasteiger charge is -2.29. The van der Waals surface area contributed by atoms with Gasteiger partial charge < -0.3 is 28.3 Å². The maximum absolute atomic E-state index is 11.0. The van der Waals surface area contributed by atoms with Crippen molar-refractivity contribution in [1.82, 2.24) is 0 Å². The molecule has 8 heteroatoms. The summed E-state index contributed by atoms with van der Waals surface area (Å²) in [5.41, 5.74) is 0. The van der Waals surface area contributed by atoms with Gasteiger partial charge in [-0.15, -0.1) is 0 Å². The van der Waals surface area contributed by atoms with E-state index in [1.807, 2.05) is 21.1 Å². The normalized spacial score (nSPS) is 15.2. The number of quaternary nitrogens is 1. The van der Waals surface area contributed by atoms with Crippen molar-refractivity contribution in [2.75, 3.05) is 47.5 Å². The number of hydrogen-bond acceptors (Lipinski definition) is 5. The van der Waals surface area contributed by atoms with Gasteiger partial charge in [0.1, 0.15) is 12.6 Å². The Balaban J connectivity index is 3.62. The lowest BCUT2D eigenvalue weighted by atomic mass is 10.1. The maximum Gasteiger partial charge on any atom is 0.330 e. The molecule has 0 rings (SSSR count). The van der Waals surface area contributed by atoms with Gasteiger partial charge in [-0.05, 0) is 25.2 Å². The number of unbranched alkanes of at least 4 members (excludes halogenated alkanes) is 5. The van der Waals surface area contributed by atoms with E-state index in [1.165, 1.54) is 19.3 Å². The minimum absolute atomic E-state index is 0.139. The van der Waals surface area contributed by atoms with Crippen LogP contribution in [0.3, 0.4) is 0 Å². The molecule has 3 atom stereocenters. The average Bonchev–Trinajstić information content (AvgIpc) is 2.60. The van der Waals surface area contributed by atoms with E-state index in [1.54, 1.807) is 0 Å². The summed E-state index contributed by atoms with van der Waals surface area (Å²) in [4.78, 5) is 20.9. The lowest BCUT2D eigenvalue weighted by Crippen LogP contribution is -2.42. The van der Waals surface area contributed by atoms with Crippen LogP contribution < -0.4 is 0 Å². The standard InChI is InChI=1S/C21H44NO6P/c1-6-19(2)13-16-26-14-11-9-7-8-10-12-15-27-29(25)28-20(17-21(23)24)18-22(3,4)5/h19-20,25H,6-18H2,1-5H3/p+1/t19?,20-,29?/m1/s1. The maximum atomic E-state index is 11.0. The molecule has 7 nitrogen and oxygen atoms in total. The smallest absolute Gasteiger partial charge is 0.330 e. The van der Waals surface area contributed by atoms with Gasteiger partial charge in [0.05, 0.1) is 34.2 Å². The average molecular weight is 439 g/mol. The monoisotopic (exact) mass is 438 g/mol. The van der Waals surface area contributed by atoms with Gasteiger partial charge in [-0.2, -0.15) is 0 Å². The molecule has 0 heterocycles. The van der Waals surface area contributed by atoms with E-state index in [2.05, 4.69) is 13.8 Å². The Kier molecular flexibility index (Phi) is 17.2. The summed E-state index contributed by atoms with van der Waals surface area (Å²) < 4.78 is 17.0. The van der Waals surface area contributed by atoms with Crippen LogP contribution in [0.15, 0.2) is 0 Å². The van der Waals surface area contributed by atoms with E-state index in [0.717, 1.165) is 51.2 Å². The topological polar surface area (TPSA) is 85.2 Å². The molecule has 0 aromatic heterocycles. The number of carbonyl (C=O) groups is 1. The quantitative estimate of drug-likeness (QED) is 0.164. The zero-order chi connectivity index (χ0) is 22.1. The van der Waals surface area contributed by atoms with Gasteiger partial charge in [0, 0.05) is 13.2 Å². The summed E-state index contributed by atoms with van der Waals surface area (Å²) in [7, 11) is 3.83. The third-order valence-corrected chi connectivity index (χ3v) is 5.61. The zero-order valence-electron chi connectivity index (χ0n) is 19.3. The van der Waals surface area contributed by atoms with Crippen molar-refractivity contribution in [3.8, 4) is 0 Å². The molecule has 29 heavy (non-hydrogen) atoms. The third-order valence-electron chi connectivity index (χ3n) is 4.73. The Morgan fingerprint density at radius 2 is 1.59 bits per heavy atom. The van der Waals surface area contributed by atoms with Gasteiger partial charge in [-0.3, -0.25) is 4.79 Å². The highest BCUT2D eigenvalue weighted by atomic mass is 31.2. The molecular weight excluding hydrogens is 393 g/mol. The summed E-state index contributed by atoms with van der Waals surface area (Å²) in [6.45, 7) is 7.14. The minimum atomic E-state index is -2.04. The predicted molar refractivity (Wildman–Crippen MR) is 118 cm³/mol. The Morgan fingerprint density at radius 1 is 1.00 bits per heavy atom. The Morgan fingerprint density at radius 3 is 2.14 bits per heavy atom. The van der Waals surface area contributed by atoms with E-state index >= 15 is 0 Å². The van der Waals surface area contributed by atoms with Crippen molar-refractivity contribution in [3.05, 3.63) is 0 Å². The fourth-order valence-electron chi connectivity index (χ4n) is 2.85. The SMILES string of the molecule is CCC(C)CCOCCCCCCCCOP(O)O[C@H](CC(=O)O)C[N+](C)(C)C. The van der Waals surface area contributed by atoms with Gasteiger partial charge >= 0.3 is 14.6 Å². The van der Waals surface area contributed by atoms with Crippen LogP contribution in [0.25, 0.3) is 0 Å². The fourth-order valence-corrected chi connectivity index (χ4v) is 3.59. The predicted octanol–water partition coefficient (Wildman–Crippen LogP) is 4.58. The highest BCUT2D eigenvalue weighted by molar-refractivity contribution is 7.40. The van der Waals surface area contributed by atoms with Gasteiger partial charge in [0.15, 0.2) is 0 Å². The van der Waals surface area contributed by atoms with Crippen LogP contribution in [0.4, 0.5) is 0 Å². The van der Waals surface area contributed by atoms with Crippen LogP contribution >= 0.6 is 8.60 Å². The number of nitrogens with zero attached hydrogens (tertiary/aromatic N) is 1. The van der Waals surface area contributed by atoms with Crippen molar-refractivity contribution in [2.24, 2.45) is 5.92 Å². The molecule has 0 fully saturated rings. The third kappa shape index (κ3) is 20.7. The molecule has 0 amide bonds. The van der Waals surface area contributed by atoms with Crippen LogP contribution in [0.2, 0.25) is 0 Å². The Hall–Kier alpha value is -0.300. The zero-order valence-corrected chi connectivity index (χ0v) is 20.2. The Labute approximate surface area is 179 Å². The molecule has 2 unspecified atom stereocenters. The summed E-state index contributed by atoms with van der Waals surface area (Å²) in [5, 5.41) is 8.99. The first-order chi connectivity index (χ1) is 13.6. The van der Waals surface area contributed by atoms with Crippen LogP contribution in [-0.4, -0.2) is 74.1 Å².